The minimum Gasteiger partial charge on any atom is -0.265 e. The minimum atomic E-state index is -4.13. The standard InChI is InChI=1S/C16H14ClN3O4S/c1-12-15(17)10-14(11-16(12)20(21)22)25(23,24)19(9-5-8-18)13-6-3-2-4-7-13/h2-4,6-7,10-11H,5,9H2,1H3. The van der Waals surface area contributed by atoms with Gasteiger partial charge in [0, 0.05) is 18.2 Å². The molecule has 0 fully saturated rings. The van der Waals surface area contributed by atoms with E-state index < -0.39 is 14.9 Å². The summed E-state index contributed by atoms with van der Waals surface area (Å²) in [6, 6.07) is 12.3. The third kappa shape index (κ3) is 3.90. The molecule has 2 aromatic carbocycles. The molecule has 7 nitrogen and oxygen atoms in total. The van der Waals surface area contributed by atoms with Gasteiger partial charge in [0.1, 0.15) is 0 Å². The molecule has 0 aliphatic carbocycles. The van der Waals surface area contributed by atoms with E-state index in [9.17, 15) is 18.5 Å². The van der Waals surface area contributed by atoms with Crippen LogP contribution in [0.1, 0.15) is 12.0 Å². The Bertz CT molecular complexity index is 940. The maximum absolute atomic E-state index is 13.0. The minimum absolute atomic E-state index is 0.0129. The number of halogens is 1. The summed E-state index contributed by atoms with van der Waals surface area (Å²) in [6.45, 7) is 1.36. The molecular weight excluding hydrogens is 366 g/mol. The van der Waals surface area contributed by atoms with Crippen molar-refractivity contribution >= 4 is 33.0 Å². The van der Waals surface area contributed by atoms with Crippen molar-refractivity contribution < 1.29 is 13.3 Å². The Hall–Kier alpha value is -2.63. The second kappa shape index (κ2) is 7.51. The zero-order valence-corrected chi connectivity index (χ0v) is 14.8. The van der Waals surface area contributed by atoms with Crippen molar-refractivity contribution in [3.63, 3.8) is 0 Å². The van der Waals surface area contributed by atoms with E-state index in [2.05, 4.69) is 0 Å². The summed E-state index contributed by atoms with van der Waals surface area (Å²) in [7, 11) is -4.13. The molecule has 0 aliphatic heterocycles. The van der Waals surface area contributed by atoms with E-state index in [0.29, 0.717) is 5.69 Å². The largest absolute Gasteiger partial charge is 0.275 e. The Morgan fingerprint density at radius 2 is 1.92 bits per heavy atom. The maximum Gasteiger partial charge on any atom is 0.275 e. The van der Waals surface area contributed by atoms with E-state index in [1.54, 1.807) is 30.3 Å². The molecule has 0 radical (unpaired) electrons. The van der Waals surface area contributed by atoms with Crippen molar-refractivity contribution in [1.29, 1.82) is 5.26 Å². The Morgan fingerprint density at radius 3 is 2.48 bits per heavy atom. The Balaban J connectivity index is 2.61. The van der Waals surface area contributed by atoms with Gasteiger partial charge in [0.2, 0.25) is 0 Å². The second-order valence-corrected chi connectivity index (χ2v) is 7.40. The van der Waals surface area contributed by atoms with Crippen molar-refractivity contribution in [2.45, 2.75) is 18.2 Å². The summed E-state index contributed by atoms with van der Waals surface area (Å²) < 4.78 is 27.1. The van der Waals surface area contributed by atoms with Gasteiger partial charge < -0.3 is 0 Å². The molecule has 2 rings (SSSR count). The van der Waals surface area contributed by atoms with Gasteiger partial charge in [-0.15, -0.1) is 0 Å². The molecule has 0 aliphatic rings. The van der Waals surface area contributed by atoms with Crippen LogP contribution in [-0.4, -0.2) is 19.9 Å². The summed E-state index contributed by atoms with van der Waals surface area (Å²) in [5, 5.41) is 20.0. The number of sulfonamides is 1. The quantitative estimate of drug-likeness (QED) is 0.562. The van der Waals surface area contributed by atoms with Gasteiger partial charge in [-0.3, -0.25) is 14.4 Å². The summed E-state index contributed by atoms with van der Waals surface area (Å²) in [5.74, 6) is 0. The average Bonchev–Trinajstić information content (AvgIpc) is 2.58. The topological polar surface area (TPSA) is 104 Å². The molecule has 0 unspecified atom stereocenters. The lowest BCUT2D eigenvalue weighted by atomic mass is 10.2. The molecule has 0 aromatic heterocycles. The second-order valence-electron chi connectivity index (χ2n) is 5.13. The van der Waals surface area contributed by atoms with E-state index in [4.69, 9.17) is 16.9 Å². The first-order chi connectivity index (χ1) is 11.8. The molecule has 9 heteroatoms. The van der Waals surface area contributed by atoms with Crippen molar-refractivity contribution in [1.82, 2.24) is 0 Å². The first-order valence-electron chi connectivity index (χ1n) is 7.18. The Morgan fingerprint density at radius 1 is 1.28 bits per heavy atom. The highest BCUT2D eigenvalue weighted by Gasteiger charge is 2.28. The van der Waals surface area contributed by atoms with Crippen molar-refractivity contribution in [2.75, 3.05) is 10.8 Å². The van der Waals surface area contributed by atoms with Crippen LogP contribution in [0.4, 0.5) is 11.4 Å². The third-order valence-electron chi connectivity index (χ3n) is 3.55. The zero-order chi connectivity index (χ0) is 18.6. The highest BCUT2D eigenvalue weighted by Crippen LogP contribution is 2.32. The number of hydrogen-bond donors (Lipinski definition) is 0. The van der Waals surface area contributed by atoms with Crippen LogP contribution in [-0.2, 0) is 10.0 Å². The Kier molecular flexibility index (Phi) is 5.62. The van der Waals surface area contributed by atoms with Gasteiger partial charge in [-0.25, -0.2) is 8.42 Å². The van der Waals surface area contributed by atoms with Gasteiger partial charge in [0.05, 0.1) is 33.0 Å². The number of anilines is 1. The van der Waals surface area contributed by atoms with Gasteiger partial charge in [-0.2, -0.15) is 5.26 Å². The van der Waals surface area contributed by atoms with Crippen LogP contribution >= 0.6 is 11.6 Å². The van der Waals surface area contributed by atoms with Crippen LogP contribution < -0.4 is 4.31 Å². The molecule has 0 heterocycles. The van der Waals surface area contributed by atoms with Gasteiger partial charge >= 0.3 is 0 Å². The molecule has 0 spiro atoms. The molecule has 0 N–H and O–H groups in total. The van der Waals surface area contributed by atoms with E-state index in [1.807, 2.05) is 6.07 Å². The zero-order valence-electron chi connectivity index (χ0n) is 13.2. The van der Waals surface area contributed by atoms with Gasteiger partial charge in [0.25, 0.3) is 15.7 Å². The summed E-state index contributed by atoms with van der Waals surface area (Å²) in [6.07, 6.45) is -0.0319. The number of nitriles is 1. The van der Waals surface area contributed by atoms with E-state index in [0.717, 1.165) is 10.4 Å². The third-order valence-corrected chi connectivity index (χ3v) is 5.74. The number of rotatable bonds is 6. The fourth-order valence-electron chi connectivity index (χ4n) is 2.24. The first-order valence-corrected chi connectivity index (χ1v) is 9.00. The molecule has 0 saturated carbocycles. The van der Waals surface area contributed by atoms with Gasteiger partial charge in [0.15, 0.2) is 0 Å². The maximum atomic E-state index is 13.0. The molecule has 0 bridgehead atoms. The molecule has 25 heavy (non-hydrogen) atoms. The summed E-state index contributed by atoms with van der Waals surface area (Å²) in [4.78, 5) is 10.2. The van der Waals surface area contributed by atoms with Crippen LogP contribution in [0.3, 0.4) is 0 Å². The normalized spacial score (nSPS) is 10.9. The lowest BCUT2D eigenvalue weighted by molar-refractivity contribution is -0.385. The molecule has 0 atom stereocenters. The van der Waals surface area contributed by atoms with Crippen LogP contribution in [0.15, 0.2) is 47.4 Å². The van der Waals surface area contributed by atoms with Gasteiger partial charge in [-0.1, -0.05) is 29.8 Å². The van der Waals surface area contributed by atoms with E-state index >= 15 is 0 Å². The number of para-hydroxylation sites is 1. The fraction of sp³-hybridized carbons (Fsp3) is 0.188. The van der Waals surface area contributed by atoms with Crippen LogP contribution in [0.5, 0.6) is 0 Å². The molecule has 0 saturated heterocycles. The highest BCUT2D eigenvalue weighted by atomic mass is 35.5. The number of nitrogens with zero attached hydrogens (tertiary/aromatic N) is 3. The SMILES string of the molecule is Cc1c(Cl)cc(S(=O)(=O)N(CCC#N)c2ccccc2)cc1[N+](=O)[O-]. The Labute approximate surface area is 150 Å². The van der Waals surface area contributed by atoms with Gasteiger partial charge in [-0.05, 0) is 25.1 Å². The average molecular weight is 380 g/mol. The fourth-order valence-corrected chi connectivity index (χ4v) is 4.03. The lowest BCUT2D eigenvalue weighted by Crippen LogP contribution is -2.32. The molecule has 2 aromatic rings. The van der Waals surface area contributed by atoms with E-state index in [1.165, 1.54) is 13.0 Å². The number of benzene rings is 2. The van der Waals surface area contributed by atoms with Crippen LogP contribution in [0.2, 0.25) is 5.02 Å². The lowest BCUT2D eigenvalue weighted by Gasteiger charge is -2.23. The highest BCUT2D eigenvalue weighted by molar-refractivity contribution is 7.92. The predicted molar refractivity (Wildman–Crippen MR) is 94.0 cm³/mol. The number of hydrogen-bond acceptors (Lipinski definition) is 5. The van der Waals surface area contributed by atoms with Crippen LogP contribution in [0.25, 0.3) is 0 Å². The first kappa shape index (κ1) is 18.7. The van der Waals surface area contributed by atoms with Crippen molar-refractivity contribution in [2.24, 2.45) is 0 Å². The number of nitro benzene ring substituents is 1. The smallest absolute Gasteiger partial charge is 0.265 e. The van der Waals surface area contributed by atoms with Crippen molar-refractivity contribution in [3.8, 4) is 6.07 Å². The summed E-state index contributed by atoms with van der Waals surface area (Å²) >= 11 is 5.98. The van der Waals surface area contributed by atoms with Crippen molar-refractivity contribution in [3.05, 3.63) is 63.2 Å². The predicted octanol–water partition coefficient (Wildman–Crippen LogP) is 3.67. The monoisotopic (exact) mass is 379 g/mol. The van der Waals surface area contributed by atoms with Crippen LogP contribution in [0, 0.1) is 28.4 Å². The summed E-state index contributed by atoms with van der Waals surface area (Å²) in [5.41, 5.74) is 0.172. The van der Waals surface area contributed by atoms with E-state index in [-0.39, 0.29) is 34.1 Å². The molecule has 0 amide bonds. The number of nitro groups is 1. The molecular formula is C16H14ClN3O4S. The molecule has 130 valence electrons.